The zero-order chi connectivity index (χ0) is 25.9. The lowest BCUT2D eigenvalue weighted by Crippen LogP contribution is -2.33. The number of nitrogens with zero attached hydrogens (tertiary/aromatic N) is 3. The van der Waals surface area contributed by atoms with Crippen LogP contribution in [0.25, 0.3) is 21.8 Å². The van der Waals surface area contributed by atoms with Gasteiger partial charge in [-0.15, -0.1) is 0 Å². The van der Waals surface area contributed by atoms with Crippen molar-refractivity contribution < 1.29 is 19.4 Å². The third kappa shape index (κ3) is 5.85. The normalized spacial score (nSPS) is 16.5. The van der Waals surface area contributed by atoms with Gasteiger partial charge in [-0.1, -0.05) is 11.6 Å². The van der Waals surface area contributed by atoms with Crippen molar-refractivity contribution in [2.45, 2.75) is 77.7 Å². The quantitative estimate of drug-likeness (QED) is 0.424. The lowest BCUT2D eigenvalue weighted by Gasteiger charge is -2.24. The first-order valence-electron chi connectivity index (χ1n) is 12.6. The summed E-state index contributed by atoms with van der Waals surface area (Å²) >= 11 is 6.36. The van der Waals surface area contributed by atoms with Crippen LogP contribution in [0.2, 0.25) is 5.02 Å². The number of aliphatic hydroxyl groups is 1. The van der Waals surface area contributed by atoms with Crippen molar-refractivity contribution in [3.05, 3.63) is 39.3 Å². The van der Waals surface area contributed by atoms with Crippen LogP contribution in [0, 0.1) is 0 Å². The maximum Gasteiger partial charge on any atom is 0.407 e. The van der Waals surface area contributed by atoms with Gasteiger partial charge in [0, 0.05) is 36.7 Å². The van der Waals surface area contributed by atoms with Crippen LogP contribution in [-0.2, 0) is 22.4 Å². The predicted molar refractivity (Wildman–Crippen MR) is 140 cm³/mol. The molecule has 1 fully saturated rings. The zero-order valence-electron chi connectivity index (χ0n) is 21.2. The van der Waals surface area contributed by atoms with Crippen LogP contribution in [0.3, 0.4) is 0 Å². The Balaban J connectivity index is 1.74. The first-order valence-corrected chi connectivity index (χ1v) is 13.0. The SMILES string of the molecule is CC(C)(C)OC(=O)NCCCn1c(=O)c2c(CCCO)n(C3CCCCO3)nc2c2cc(Cl)ccc21. The molecule has 2 aromatic heterocycles. The number of carbonyl (C=O) groups is 1. The fourth-order valence-electron chi connectivity index (χ4n) is 4.66. The third-order valence-electron chi connectivity index (χ3n) is 6.20. The van der Waals surface area contributed by atoms with Crippen molar-refractivity contribution in [3.8, 4) is 0 Å². The number of hydrogen-bond donors (Lipinski definition) is 2. The first-order chi connectivity index (χ1) is 17.2. The Morgan fingerprint density at radius 2 is 2.11 bits per heavy atom. The highest BCUT2D eigenvalue weighted by Crippen LogP contribution is 2.31. The van der Waals surface area contributed by atoms with E-state index in [0.717, 1.165) is 35.9 Å². The van der Waals surface area contributed by atoms with E-state index in [1.165, 1.54) is 0 Å². The van der Waals surface area contributed by atoms with Crippen molar-refractivity contribution in [3.63, 3.8) is 0 Å². The highest BCUT2D eigenvalue weighted by atomic mass is 35.5. The van der Waals surface area contributed by atoms with E-state index in [1.54, 1.807) is 10.6 Å². The second kappa shape index (κ2) is 11.2. The van der Waals surface area contributed by atoms with Gasteiger partial charge in [0.1, 0.15) is 11.1 Å². The third-order valence-corrected chi connectivity index (χ3v) is 6.44. The molecule has 0 bridgehead atoms. The van der Waals surface area contributed by atoms with Gasteiger partial charge >= 0.3 is 6.09 Å². The molecule has 1 amide bonds. The van der Waals surface area contributed by atoms with E-state index in [2.05, 4.69) is 5.32 Å². The molecule has 1 aromatic carbocycles. The van der Waals surface area contributed by atoms with Crippen LogP contribution in [0.5, 0.6) is 0 Å². The number of amides is 1. The minimum absolute atomic E-state index is 0.0160. The number of pyridine rings is 1. The van der Waals surface area contributed by atoms with Gasteiger partial charge < -0.3 is 24.5 Å². The minimum atomic E-state index is -0.575. The Labute approximate surface area is 215 Å². The molecule has 1 aliphatic rings. The number of carbonyl (C=O) groups excluding carboxylic acids is 1. The lowest BCUT2D eigenvalue weighted by atomic mass is 10.1. The summed E-state index contributed by atoms with van der Waals surface area (Å²) in [5, 5.41) is 19.0. The molecule has 10 heteroatoms. The number of ether oxygens (including phenoxy) is 2. The zero-order valence-corrected chi connectivity index (χ0v) is 21.9. The van der Waals surface area contributed by atoms with E-state index < -0.39 is 11.7 Å². The molecule has 4 rings (SSSR count). The number of hydrogen-bond acceptors (Lipinski definition) is 6. The number of nitrogens with one attached hydrogen (secondary N) is 1. The van der Waals surface area contributed by atoms with Gasteiger partial charge in [0.25, 0.3) is 5.56 Å². The van der Waals surface area contributed by atoms with Crippen molar-refractivity contribution in [1.29, 1.82) is 0 Å². The van der Waals surface area contributed by atoms with E-state index in [-0.39, 0.29) is 18.4 Å². The number of benzene rings is 1. The molecule has 0 spiro atoms. The predicted octanol–water partition coefficient (Wildman–Crippen LogP) is 4.54. The average molecular weight is 519 g/mol. The number of aliphatic hydroxyl groups excluding tert-OH is 1. The highest BCUT2D eigenvalue weighted by Gasteiger charge is 2.26. The summed E-state index contributed by atoms with van der Waals surface area (Å²) in [6.45, 7) is 6.86. The van der Waals surface area contributed by atoms with E-state index in [4.69, 9.17) is 26.2 Å². The van der Waals surface area contributed by atoms with Crippen molar-refractivity contribution in [2.24, 2.45) is 0 Å². The number of aromatic nitrogens is 3. The maximum atomic E-state index is 13.9. The molecule has 1 saturated heterocycles. The van der Waals surface area contributed by atoms with Crippen LogP contribution in [0.1, 0.15) is 64.8 Å². The molecule has 196 valence electrons. The van der Waals surface area contributed by atoms with E-state index in [9.17, 15) is 14.7 Å². The Hall–Kier alpha value is -2.62. The van der Waals surface area contributed by atoms with E-state index in [0.29, 0.717) is 54.9 Å². The molecule has 3 heterocycles. The van der Waals surface area contributed by atoms with Gasteiger partial charge in [-0.05, 0) is 77.5 Å². The Kier molecular flexibility index (Phi) is 8.22. The van der Waals surface area contributed by atoms with E-state index >= 15 is 0 Å². The molecule has 0 aliphatic carbocycles. The molecule has 0 saturated carbocycles. The standard InChI is InChI=1S/C26H35ClN4O5/c1-26(2,3)36-25(34)28-12-7-13-30-19-11-10-17(27)16-18(19)23-22(24(30)33)20(8-6-14-32)31(29-23)21-9-4-5-15-35-21/h10-11,16,21,32H,4-9,12-15H2,1-3H3,(H,28,34). The Morgan fingerprint density at radius 3 is 2.81 bits per heavy atom. The van der Waals surface area contributed by atoms with Crippen LogP contribution < -0.4 is 10.9 Å². The number of halogens is 1. The van der Waals surface area contributed by atoms with Crippen molar-refractivity contribution >= 4 is 39.5 Å². The molecule has 3 aromatic rings. The number of aryl methyl sites for hydroxylation is 2. The number of fused-ring (bicyclic) bond motifs is 3. The summed E-state index contributed by atoms with van der Waals surface area (Å²) in [6, 6.07) is 5.44. The summed E-state index contributed by atoms with van der Waals surface area (Å²) < 4.78 is 14.9. The molecule has 0 radical (unpaired) electrons. The van der Waals surface area contributed by atoms with Gasteiger partial charge in [-0.3, -0.25) is 4.79 Å². The second-order valence-electron chi connectivity index (χ2n) is 10.2. The number of alkyl carbamates (subject to hydrolysis) is 1. The van der Waals surface area contributed by atoms with Crippen molar-refractivity contribution in [1.82, 2.24) is 19.7 Å². The van der Waals surface area contributed by atoms with Crippen molar-refractivity contribution in [2.75, 3.05) is 19.8 Å². The summed E-state index contributed by atoms with van der Waals surface area (Å²) in [5.41, 5.74) is 1.39. The second-order valence-corrected chi connectivity index (χ2v) is 10.6. The summed E-state index contributed by atoms with van der Waals surface area (Å²) in [5.74, 6) is 0. The monoisotopic (exact) mass is 518 g/mol. The maximum absolute atomic E-state index is 13.9. The molecule has 1 atom stereocenters. The molecule has 9 nitrogen and oxygen atoms in total. The fraction of sp³-hybridized carbons (Fsp3) is 0.577. The average Bonchev–Trinajstić information content (AvgIpc) is 3.21. The molecule has 1 aliphatic heterocycles. The van der Waals surface area contributed by atoms with Crippen LogP contribution in [0.4, 0.5) is 4.79 Å². The lowest BCUT2D eigenvalue weighted by molar-refractivity contribution is -0.0407. The van der Waals surface area contributed by atoms with Gasteiger partial charge in [0.05, 0.1) is 16.6 Å². The van der Waals surface area contributed by atoms with E-state index in [1.807, 2.05) is 37.6 Å². The minimum Gasteiger partial charge on any atom is -0.444 e. The smallest absolute Gasteiger partial charge is 0.407 e. The van der Waals surface area contributed by atoms with Gasteiger partial charge in [0.2, 0.25) is 0 Å². The molecule has 1 unspecified atom stereocenters. The molecular formula is C26H35ClN4O5. The topological polar surface area (TPSA) is 108 Å². The summed E-state index contributed by atoms with van der Waals surface area (Å²) in [6.07, 6.45) is 3.70. The van der Waals surface area contributed by atoms with Crippen LogP contribution in [-0.4, -0.2) is 50.9 Å². The fourth-order valence-corrected chi connectivity index (χ4v) is 4.84. The summed E-state index contributed by atoms with van der Waals surface area (Å²) in [4.78, 5) is 25.9. The largest absolute Gasteiger partial charge is 0.444 e. The first kappa shape index (κ1) is 26.4. The van der Waals surface area contributed by atoms with Crippen LogP contribution in [0.15, 0.2) is 23.0 Å². The Bertz CT molecular complexity index is 1290. The number of rotatable bonds is 8. The van der Waals surface area contributed by atoms with Gasteiger partial charge in [-0.25, -0.2) is 9.48 Å². The van der Waals surface area contributed by atoms with Crippen LogP contribution >= 0.6 is 11.6 Å². The van der Waals surface area contributed by atoms with Gasteiger partial charge in [0.15, 0.2) is 6.23 Å². The molecule has 36 heavy (non-hydrogen) atoms. The Morgan fingerprint density at radius 1 is 1.31 bits per heavy atom. The van der Waals surface area contributed by atoms with Gasteiger partial charge in [-0.2, -0.15) is 5.10 Å². The summed E-state index contributed by atoms with van der Waals surface area (Å²) in [7, 11) is 0. The molecule has 2 N–H and O–H groups in total. The molecular weight excluding hydrogens is 484 g/mol. The highest BCUT2D eigenvalue weighted by molar-refractivity contribution is 6.31.